The third-order valence-electron chi connectivity index (χ3n) is 5.63. The van der Waals surface area contributed by atoms with Crippen molar-refractivity contribution in [1.29, 1.82) is 0 Å². The molecule has 1 aromatic heterocycles. The zero-order valence-electron chi connectivity index (χ0n) is 18.2. The molecule has 1 N–H and O–H groups in total. The molecule has 0 aliphatic carbocycles. The third-order valence-corrected chi connectivity index (χ3v) is 5.63. The van der Waals surface area contributed by atoms with Crippen LogP contribution >= 0.6 is 0 Å². The van der Waals surface area contributed by atoms with E-state index in [-0.39, 0.29) is 11.4 Å². The highest BCUT2D eigenvalue weighted by atomic mass is 16.6. The Morgan fingerprint density at radius 2 is 1.88 bits per heavy atom. The van der Waals surface area contributed by atoms with Crippen LogP contribution in [0, 0.1) is 17.0 Å². The van der Waals surface area contributed by atoms with Crippen molar-refractivity contribution < 1.29 is 24.0 Å². The van der Waals surface area contributed by atoms with Gasteiger partial charge in [-0.05, 0) is 24.6 Å². The number of esters is 2. The molecule has 0 bridgehead atoms. The Kier molecular flexibility index (Phi) is 5.70. The highest BCUT2D eigenvalue weighted by Crippen LogP contribution is 2.44. The van der Waals surface area contributed by atoms with E-state index in [4.69, 9.17) is 9.47 Å². The molecule has 9 heteroatoms. The summed E-state index contributed by atoms with van der Waals surface area (Å²) in [5, 5.41) is 12.6. The fourth-order valence-corrected chi connectivity index (χ4v) is 4.22. The molecule has 1 aliphatic rings. The lowest BCUT2D eigenvalue weighted by molar-refractivity contribution is -0.385. The van der Waals surface area contributed by atoms with Gasteiger partial charge in [0, 0.05) is 34.4 Å². The van der Waals surface area contributed by atoms with E-state index in [0.29, 0.717) is 11.1 Å². The maximum absolute atomic E-state index is 12.7. The topological polar surface area (TPSA) is 115 Å². The molecule has 4 rings (SSSR count). The maximum atomic E-state index is 12.7. The Labute approximate surface area is 189 Å². The van der Waals surface area contributed by atoms with Crippen molar-refractivity contribution in [3.63, 3.8) is 0 Å². The molecule has 33 heavy (non-hydrogen) atoms. The SMILES string of the molecule is COC(=O)/C=C(\C(=O)OC)N1C=Cc2c(cccc2[N+](=O)[O-])C1c1c(C)[nH]c2ccccc12. The van der Waals surface area contributed by atoms with Gasteiger partial charge < -0.3 is 19.4 Å². The quantitative estimate of drug-likeness (QED) is 0.272. The summed E-state index contributed by atoms with van der Waals surface area (Å²) in [5.74, 6) is -1.48. The van der Waals surface area contributed by atoms with E-state index in [1.54, 1.807) is 29.3 Å². The van der Waals surface area contributed by atoms with Crippen molar-refractivity contribution in [2.75, 3.05) is 14.2 Å². The van der Waals surface area contributed by atoms with Crippen LogP contribution in [0.25, 0.3) is 17.0 Å². The number of nitrogens with one attached hydrogen (secondary N) is 1. The number of nitro groups is 1. The number of hydrogen-bond donors (Lipinski definition) is 1. The minimum absolute atomic E-state index is 0.0533. The first-order valence-corrected chi connectivity index (χ1v) is 10.1. The van der Waals surface area contributed by atoms with E-state index in [0.717, 1.165) is 28.2 Å². The van der Waals surface area contributed by atoms with E-state index < -0.39 is 22.9 Å². The summed E-state index contributed by atoms with van der Waals surface area (Å²) >= 11 is 0. The van der Waals surface area contributed by atoms with Gasteiger partial charge in [0.25, 0.3) is 5.69 Å². The number of aryl methyl sites for hydroxylation is 1. The van der Waals surface area contributed by atoms with Crippen molar-refractivity contribution in [3.05, 3.63) is 92.9 Å². The van der Waals surface area contributed by atoms with Gasteiger partial charge in [-0.1, -0.05) is 30.3 Å². The van der Waals surface area contributed by atoms with Crippen molar-refractivity contribution >= 4 is 34.6 Å². The molecule has 3 aromatic rings. The normalized spacial score (nSPS) is 15.3. The standard InChI is InChI=1S/C24H21N3O6/c1-14-22(17-7-4-5-9-18(17)25-14)23-16-8-6-10-19(27(30)31)15(16)11-12-26(23)20(24(29)33-3)13-21(28)32-2/h4-13,23,25H,1-3H3/b20-13+. The molecule has 1 unspecified atom stereocenters. The molecular formula is C24H21N3O6. The number of ether oxygens (including phenoxy) is 2. The van der Waals surface area contributed by atoms with Crippen LogP contribution in [0.15, 0.2) is 60.4 Å². The summed E-state index contributed by atoms with van der Waals surface area (Å²) in [7, 11) is 2.42. The minimum Gasteiger partial charge on any atom is -0.466 e. The molecule has 0 fully saturated rings. The van der Waals surface area contributed by atoms with Gasteiger partial charge >= 0.3 is 11.9 Å². The van der Waals surface area contributed by atoms with Crippen molar-refractivity contribution in [1.82, 2.24) is 9.88 Å². The van der Waals surface area contributed by atoms with Gasteiger partial charge in [0.1, 0.15) is 5.70 Å². The van der Waals surface area contributed by atoms with E-state index in [2.05, 4.69) is 4.98 Å². The lowest BCUT2D eigenvalue weighted by Gasteiger charge is -2.35. The van der Waals surface area contributed by atoms with Crippen LogP contribution in [-0.2, 0) is 19.1 Å². The first kappa shape index (κ1) is 21.8. The summed E-state index contributed by atoms with van der Waals surface area (Å²) < 4.78 is 9.67. The molecule has 0 radical (unpaired) electrons. The Morgan fingerprint density at radius 3 is 2.58 bits per heavy atom. The number of nitro benzene ring substituents is 1. The molecule has 2 aromatic carbocycles. The number of H-pyrrole nitrogens is 1. The fraction of sp³-hybridized carbons (Fsp3) is 0.167. The van der Waals surface area contributed by atoms with Crippen LogP contribution < -0.4 is 0 Å². The summed E-state index contributed by atoms with van der Waals surface area (Å²) in [6, 6.07) is 11.8. The fourth-order valence-electron chi connectivity index (χ4n) is 4.22. The van der Waals surface area contributed by atoms with Crippen LogP contribution in [0.2, 0.25) is 0 Å². The van der Waals surface area contributed by atoms with Gasteiger partial charge in [-0.25, -0.2) is 9.59 Å². The van der Waals surface area contributed by atoms with Crippen molar-refractivity contribution in [2.45, 2.75) is 13.0 Å². The second kappa shape index (κ2) is 8.62. The number of para-hydroxylation sites is 1. The highest BCUT2D eigenvalue weighted by molar-refractivity contribution is 5.97. The number of benzene rings is 2. The number of carbonyl (C=O) groups is 2. The van der Waals surface area contributed by atoms with Crippen LogP contribution in [-0.4, -0.2) is 41.0 Å². The Balaban J connectivity index is 2.04. The molecule has 1 atom stereocenters. The second-order valence-corrected chi connectivity index (χ2v) is 7.42. The summed E-state index contributed by atoms with van der Waals surface area (Å²) in [5.41, 5.74) is 3.44. The number of nitrogens with zero attached hydrogens (tertiary/aromatic N) is 2. The molecule has 168 valence electrons. The number of carbonyl (C=O) groups excluding carboxylic acids is 2. The lowest BCUT2D eigenvalue weighted by Crippen LogP contribution is -2.32. The zero-order chi connectivity index (χ0) is 23.7. The maximum Gasteiger partial charge on any atom is 0.354 e. The summed E-state index contributed by atoms with van der Waals surface area (Å²) in [6.45, 7) is 1.89. The molecule has 0 saturated heterocycles. The predicted molar refractivity (Wildman–Crippen MR) is 121 cm³/mol. The number of fused-ring (bicyclic) bond motifs is 2. The van der Waals surface area contributed by atoms with Gasteiger partial charge in [-0.3, -0.25) is 10.1 Å². The molecule has 9 nitrogen and oxygen atoms in total. The molecule has 1 aliphatic heterocycles. The van der Waals surface area contributed by atoms with Gasteiger partial charge in [0.15, 0.2) is 0 Å². The number of hydrogen-bond acceptors (Lipinski definition) is 7. The van der Waals surface area contributed by atoms with E-state index in [9.17, 15) is 19.7 Å². The average molecular weight is 447 g/mol. The van der Waals surface area contributed by atoms with Crippen LogP contribution in [0.4, 0.5) is 5.69 Å². The molecule has 0 amide bonds. The van der Waals surface area contributed by atoms with Crippen LogP contribution in [0.1, 0.15) is 28.4 Å². The Hall–Kier alpha value is -4.40. The van der Waals surface area contributed by atoms with E-state index in [1.807, 2.05) is 31.2 Å². The van der Waals surface area contributed by atoms with Gasteiger partial charge in [0.2, 0.25) is 0 Å². The number of aromatic nitrogens is 1. The predicted octanol–water partition coefficient (Wildman–Crippen LogP) is 3.99. The smallest absolute Gasteiger partial charge is 0.354 e. The number of methoxy groups -OCH3 is 2. The first-order valence-electron chi connectivity index (χ1n) is 10.1. The lowest BCUT2D eigenvalue weighted by atomic mass is 9.88. The zero-order valence-corrected chi connectivity index (χ0v) is 18.2. The Bertz CT molecular complexity index is 1340. The first-order chi connectivity index (χ1) is 15.9. The molecule has 2 heterocycles. The van der Waals surface area contributed by atoms with Gasteiger partial charge in [-0.2, -0.15) is 0 Å². The summed E-state index contributed by atoms with van der Waals surface area (Å²) in [6.07, 6.45) is 4.16. The molecule has 0 saturated carbocycles. The Morgan fingerprint density at radius 1 is 1.12 bits per heavy atom. The summed E-state index contributed by atoms with van der Waals surface area (Å²) in [4.78, 5) is 41.0. The van der Waals surface area contributed by atoms with Crippen LogP contribution in [0.5, 0.6) is 0 Å². The average Bonchev–Trinajstić information content (AvgIpc) is 3.15. The van der Waals surface area contributed by atoms with Crippen LogP contribution in [0.3, 0.4) is 0 Å². The molecule has 0 spiro atoms. The van der Waals surface area contributed by atoms with Crippen molar-refractivity contribution in [2.24, 2.45) is 0 Å². The van der Waals surface area contributed by atoms with Gasteiger partial charge in [-0.15, -0.1) is 0 Å². The second-order valence-electron chi connectivity index (χ2n) is 7.42. The van der Waals surface area contributed by atoms with E-state index in [1.165, 1.54) is 20.3 Å². The van der Waals surface area contributed by atoms with E-state index >= 15 is 0 Å². The highest BCUT2D eigenvalue weighted by Gasteiger charge is 2.36. The minimum atomic E-state index is -0.749. The van der Waals surface area contributed by atoms with Gasteiger partial charge in [0.05, 0.1) is 36.8 Å². The molecular weight excluding hydrogens is 426 g/mol. The number of aromatic amines is 1. The van der Waals surface area contributed by atoms with Crippen molar-refractivity contribution in [3.8, 4) is 0 Å². The third kappa shape index (κ3) is 3.73. The monoisotopic (exact) mass is 447 g/mol. The number of rotatable bonds is 5. The largest absolute Gasteiger partial charge is 0.466 e.